The molecule has 0 spiro atoms. The molecule has 0 bridgehead atoms. The average Bonchev–Trinajstić information content (AvgIpc) is 2.14. The van der Waals surface area contributed by atoms with E-state index in [4.69, 9.17) is 5.26 Å². The summed E-state index contributed by atoms with van der Waals surface area (Å²) in [6.07, 6.45) is 0. The lowest BCUT2D eigenvalue weighted by Gasteiger charge is -2.00. The van der Waals surface area contributed by atoms with Gasteiger partial charge in [-0.05, 0) is 12.5 Å². The fraction of sp³-hybridized carbons (Fsp3) is 0.833. The Labute approximate surface area is 49.5 Å². The van der Waals surface area contributed by atoms with Crippen LogP contribution in [-0.2, 0) is 0 Å². The van der Waals surface area contributed by atoms with Gasteiger partial charge in [-0.1, -0.05) is 6.92 Å². The molecule has 1 aliphatic heterocycles. The summed E-state index contributed by atoms with van der Waals surface area (Å²) < 4.78 is 0. The Balaban J connectivity index is 2.45. The fourth-order valence-electron chi connectivity index (χ4n) is 0.983. The van der Waals surface area contributed by atoms with Gasteiger partial charge in [-0.25, -0.2) is 0 Å². The van der Waals surface area contributed by atoms with Crippen molar-refractivity contribution in [1.82, 2.24) is 5.32 Å². The lowest BCUT2D eigenvalue weighted by atomic mass is 10.0. The number of rotatable bonds is 0. The molecule has 1 N–H and O–H groups in total. The van der Waals surface area contributed by atoms with Gasteiger partial charge in [0.25, 0.3) is 0 Å². The van der Waals surface area contributed by atoms with Gasteiger partial charge in [0.1, 0.15) is 0 Å². The van der Waals surface area contributed by atoms with Gasteiger partial charge in [-0.3, -0.25) is 0 Å². The third-order valence-electron chi connectivity index (χ3n) is 1.68. The lowest BCUT2D eigenvalue weighted by molar-refractivity contribution is 0.553. The smallest absolute Gasteiger partial charge is 0.0672 e. The lowest BCUT2D eigenvalue weighted by Crippen LogP contribution is -2.07. The van der Waals surface area contributed by atoms with Crippen molar-refractivity contribution in [2.75, 3.05) is 13.1 Å². The molecule has 1 saturated heterocycles. The van der Waals surface area contributed by atoms with Crippen molar-refractivity contribution < 1.29 is 0 Å². The van der Waals surface area contributed by atoms with Gasteiger partial charge >= 0.3 is 0 Å². The van der Waals surface area contributed by atoms with E-state index in [2.05, 4.69) is 18.3 Å². The van der Waals surface area contributed by atoms with Crippen LogP contribution >= 0.6 is 0 Å². The zero-order chi connectivity index (χ0) is 5.98. The number of hydrogen-bond acceptors (Lipinski definition) is 2. The Bertz CT molecular complexity index is 114. The summed E-state index contributed by atoms with van der Waals surface area (Å²) in [5.74, 6) is 0.815. The highest BCUT2D eigenvalue weighted by molar-refractivity contribution is 4.92. The highest BCUT2D eigenvalue weighted by atomic mass is 14.9. The minimum atomic E-state index is 0.259. The Hall–Kier alpha value is -0.550. The van der Waals surface area contributed by atoms with Crippen LogP contribution in [0.3, 0.4) is 0 Å². The van der Waals surface area contributed by atoms with Crippen molar-refractivity contribution >= 4 is 0 Å². The summed E-state index contributed by atoms with van der Waals surface area (Å²) in [5.41, 5.74) is 0. The molecule has 1 aliphatic rings. The molecule has 0 radical (unpaired) electrons. The maximum atomic E-state index is 8.45. The maximum absolute atomic E-state index is 8.45. The molecule has 0 aromatic rings. The first-order valence-corrected chi connectivity index (χ1v) is 2.95. The Morgan fingerprint density at radius 1 is 1.62 bits per heavy atom. The monoisotopic (exact) mass is 110 g/mol. The van der Waals surface area contributed by atoms with Crippen molar-refractivity contribution in [3.05, 3.63) is 0 Å². The number of nitrogens with zero attached hydrogens (tertiary/aromatic N) is 1. The second-order valence-corrected chi connectivity index (χ2v) is 2.37. The van der Waals surface area contributed by atoms with Crippen LogP contribution in [0, 0.1) is 23.2 Å². The molecule has 1 rings (SSSR count). The topological polar surface area (TPSA) is 35.8 Å². The van der Waals surface area contributed by atoms with Crippen LogP contribution in [0.5, 0.6) is 0 Å². The van der Waals surface area contributed by atoms with Crippen molar-refractivity contribution in [2.24, 2.45) is 11.8 Å². The fourth-order valence-corrected chi connectivity index (χ4v) is 0.983. The molecule has 0 unspecified atom stereocenters. The van der Waals surface area contributed by atoms with Crippen LogP contribution in [0.4, 0.5) is 0 Å². The first-order chi connectivity index (χ1) is 3.84. The summed E-state index contributed by atoms with van der Waals surface area (Å²) in [6.45, 7) is 4.00. The summed E-state index contributed by atoms with van der Waals surface area (Å²) in [5, 5.41) is 11.6. The second kappa shape index (κ2) is 2.15. The van der Waals surface area contributed by atoms with Crippen LogP contribution < -0.4 is 5.32 Å². The van der Waals surface area contributed by atoms with Crippen molar-refractivity contribution in [3.8, 4) is 6.07 Å². The van der Waals surface area contributed by atoms with E-state index in [9.17, 15) is 0 Å². The molecule has 44 valence electrons. The largest absolute Gasteiger partial charge is 0.315 e. The van der Waals surface area contributed by atoms with Gasteiger partial charge in [-0.15, -0.1) is 0 Å². The van der Waals surface area contributed by atoms with E-state index < -0.39 is 0 Å². The van der Waals surface area contributed by atoms with Crippen molar-refractivity contribution in [2.45, 2.75) is 6.92 Å². The Morgan fingerprint density at radius 2 is 2.38 bits per heavy atom. The number of nitrogens with one attached hydrogen (secondary N) is 1. The molecular formula is C6H10N2. The highest BCUT2D eigenvalue weighted by Crippen LogP contribution is 2.13. The van der Waals surface area contributed by atoms with Crippen LogP contribution in [0.15, 0.2) is 0 Å². The molecule has 0 saturated carbocycles. The summed E-state index contributed by atoms with van der Waals surface area (Å²) in [7, 11) is 0. The third kappa shape index (κ3) is 0.823. The van der Waals surface area contributed by atoms with Gasteiger partial charge in [0.05, 0.1) is 12.0 Å². The van der Waals surface area contributed by atoms with E-state index >= 15 is 0 Å². The van der Waals surface area contributed by atoms with Crippen LogP contribution in [-0.4, -0.2) is 13.1 Å². The maximum Gasteiger partial charge on any atom is 0.0672 e. The molecule has 1 heterocycles. The Kier molecular flexibility index (Phi) is 1.50. The quantitative estimate of drug-likeness (QED) is 0.489. The summed E-state index contributed by atoms with van der Waals surface area (Å²) >= 11 is 0. The van der Waals surface area contributed by atoms with Crippen LogP contribution in [0.1, 0.15) is 6.92 Å². The minimum absolute atomic E-state index is 0.259. The molecule has 0 aromatic carbocycles. The van der Waals surface area contributed by atoms with E-state index in [1.165, 1.54) is 0 Å². The Morgan fingerprint density at radius 3 is 2.62 bits per heavy atom. The molecule has 2 heteroatoms. The predicted molar refractivity (Wildman–Crippen MR) is 31.1 cm³/mol. The predicted octanol–water partition coefficient (Wildman–Crippen LogP) is 0.365. The highest BCUT2D eigenvalue weighted by Gasteiger charge is 2.21. The van der Waals surface area contributed by atoms with E-state index in [0.29, 0.717) is 5.92 Å². The zero-order valence-corrected chi connectivity index (χ0v) is 5.02. The van der Waals surface area contributed by atoms with Crippen LogP contribution in [0.2, 0.25) is 0 Å². The third-order valence-corrected chi connectivity index (χ3v) is 1.68. The summed E-state index contributed by atoms with van der Waals surface area (Å²) in [6, 6.07) is 2.25. The molecule has 0 amide bonds. The van der Waals surface area contributed by atoms with E-state index in [1.54, 1.807) is 0 Å². The number of nitriles is 1. The molecule has 0 aliphatic carbocycles. The standard InChI is InChI=1S/C6H10N2/c1-5-3-8-4-6(5)2-7/h5-6,8H,3-4H2,1H3/t5-,6-/m0/s1. The van der Waals surface area contributed by atoms with E-state index in [0.717, 1.165) is 13.1 Å². The number of hydrogen-bond donors (Lipinski definition) is 1. The molecule has 2 atom stereocenters. The molecule has 1 fully saturated rings. The first-order valence-electron chi connectivity index (χ1n) is 2.95. The summed E-state index contributed by atoms with van der Waals surface area (Å²) in [4.78, 5) is 0. The minimum Gasteiger partial charge on any atom is -0.315 e. The molecule has 0 aromatic heterocycles. The normalized spacial score (nSPS) is 37.0. The molecular weight excluding hydrogens is 100 g/mol. The van der Waals surface area contributed by atoms with E-state index in [-0.39, 0.29) is 5.92 Å². The first kappa shape index (κ1) is 5.58. The SMILES string of the molecule is C[C@H]1CNC[C@@H]1C#N. The second-order valence-electron chi connectivity index (χ2n) is 2.37. The van der Waals surface area contributed by atoms with Gasteiger partial charge in [0, 0.05) is 6.54 Å². The van der Waals surface area contributed by atoms with Gasteiger partial charge < -0.3 is 5.32 Å². The van der Waals surface area contributed by atoms with Crippen LogP contribution in [0.25, 0.3) is 0 Å². The average molecular weight is 110 g/mol. The van der Waals surface area contributed by atoms with Gasteiger partial charge in [0.15, 0.2) is 0 Å². The van der Waals surface area contributed by atoms with Gasteiger partial charge in [0.2, 0.25) is 0 Å². The molecule has 8 heavy (non-hydrogen) atoms. The van der Waals surface area contributed by atoms with E-state index in [1.807, 2.05) is 0 Å². The van der Waals surface area contributed by atoms with Crippen molar-refractivity contribution in [3.63, 3.8) is 0 Å². The van der Waals surface area contributed by atoms with Gasteiger partial charge in [-0.2, -0.15) is 5.26 Å². The molecule has 2 nitrogen and oxygen atoms in total. The van der Waals surface area contributed by atoms with Crippen molar-refractivity contribution in [1.29, 1.82) is 5.26 Å². The zero-order valence-electron chi connectivity index (χ0n) is 5.02.